The lowest BCUT2D eigenvalue weighted by molar-refractivity contribution is 0.104. The van der Waals surface area contributed by atoms with Crippen LogP contribution in [0, 0.1) is 0 Å². The predicted octanol–water partition coefficient (Wildman–Crippen LogP) is 5.47. The van der Waals surface area contributed by atoms with Gasteiger partial charge in [0.25, 0.3) is 0 Å². The smallest absolute Gasteiger partial charge is 0.187 e. The van der Waals surface area contributed by atoms with Gasteiger partial charge in [-0.05, 0) is 24.3 Å². The van der Waals surface area contributed by atoms with Gasteiger partial charge in [-0.15, -0.1) is 11.3 Å². The molecule has 3 rings (SSSR count). The molecule has 1 aromatic heterocycles. The van der Waals surface area contributed by atoms with E-state index in [0.29, 0.717) is 5.56 Å². The minimum Gasteiger partial charge on any atom is -0.289 e. The van der Waals surface area contributed by atoms with Crippen LogP contribution in [0.2, 0.25) is 0 Å². The number of hydrogen-bond donors (Lipinski definition) is 0. The van der Waals surface area contributed by atoms with Crippen LogP contribution < -0.4 is 0 Å². The number of ketones is 1. The zero-order valence-corrected chi connectivity index (χ0v) is 14.0. The molecule has 108 valence electrons. The molecule has 1 heterocycles. The molecule has 0 spiro atoms. The maximum Gasteiger partial charge on any atom is 0.187 e. The number of nitrogens with zero attached hydrogens (tertiary/aromatic N) is 1. The summed E-state index contributed by atoms with van der Waals surface area (Å²) in [7, 11) is 0. The summed E-state index contributed by atoms with van der Waals surface area (Å²) in [5.41, 5.74) is 2.53. The standard InChI is InChI=1S/C18H12BrNOS/c19-16-9-5-4-8-15(16)17(21)11-10-14-12-22-18(20-14)13-6-2-1-3-7-13/h1-12H. The van der Waals surface area contributed by atoms with Crippen LogP contribution >= 0.6 is 27.3 Å². The highest BCUT2D eigenvalue weighted by molar-refractivity contribution is 9.10. The molecule has 2 aromatic carbocycles. The monoisotopic (exact) mass is 369 g/mol. The summed E-state index contributed by atoms with van der Waals surface area (Å²) >= 11 is 4.96. The number of carbonyl (C=O) groups is 1. The molecule has 0 aliphatic carbocycles. The van der Waals surface area contributed by atoms with Gasteiger partial charge in [-0.2, -0.15) is 0 Å². The summed E-state index contributed by atoms with van der Waals surface area (Å²) in [5, 5.41) is 2.90. The fraction of sp³-hybridized carbons (Fsp3) is 0. The van der Waals surface area contributed by atoms with E-state index in [0.717, 1.165) is 20.7 Å². The van der Waals surface area contributed by atoms with Gasteiger partial charge < -0.3 is 0 Å². The van der Waals surface area contributed by atoms with Crippen LogP contribution in [-0.2, 0) is 0 Å². The molecule has 0 unspecified atom stereocenters. The van der Waals surface area contributed by atoms with Crippen molar-refractivity contribution >= 4 is 39.1 Å². The number of benzene rings is 2. The highest BCUT2D eigenvalue weighted by Gasteiger charge is 2.06. The van der Waals surface area contributed by atoms with E-state index in [9.17, 15) is 4.79 Å². The lowest BCUT2D eigenvalue weighted by Gasteiger charge is -1.98. The molecule has 2 nitrogen and oxygen atoms in total. The Kier molecular flexibility index (Phi) is 4.61. The van der Waals surface area contributed by atoms with Crippen molar-refractivity contribution in [1.29, 1.82) is 0 Å². The molecule has 0 bridgehead atoms. The molecule has 3 aromatic rings. The first-order valence-electron chi connectivity index (χ1n) is 6.72. The molecule has 0 atom stereocenters. The molecule has 0 aliphatic heterocycles. The summed E-state index contributed by atoms with van der Waals surface area (Å²) in [6, 6.07) is 17.4. The quantitative estimate of drug-likeness (QED) is 0.450. The van der Waals surface area contributed by atoms with Crippen LogP contribution in [0.4, 0.5) is 0 Å². The fourth-order valence-corrected chi connectivity index (χ4v) is 3.26. The number of thiazole rings is 1. The SMILES string of the molecule is O=C(C=Cc1csc(-c2ccccc2)n1)c1ccccc1Br. The highest BCUT2D eigenvalue weighted by Crippen LogP contribution is 2.24. The number of hydrogen-bond acceptors (Lipinski definition) is 3. The van der Waals surface area contributed by atoms with E-state index in [-0.39, 0.29) is 5.78 Å². The summed E-state index contributed by atoms with van der Waals surface area (Å²) in [5.74, 6) is -0.0401. The maximum absolute atomic E-state index is 12.2. The van der Waals surface area contributed by atoms with Gasteiger partial charge in [0, 0.05) is 21.0 Å². The van der Waals surface area contributed by atoms with E-state index in [1.54, 1.807) is 29.6 Å². The van der Waals surface area contributed by atoms with Gasteiger partial charge in [-0.25, -0.2) is 4.98 Å². The molecule has 0 radical (unpaired) electrons. The second kappa shape index (κ2) is 6.81. The largest absolute Gasteiger partial charge is 0.289 e. The molecular formula is C18H12BrNOS. The fourth-order valence-electron chi connectivity index (χ4n) is 1.99. The van der Waals surface area contributed by atoms with E-state index in [4.69, 9.17) is 0 Å². The first-order chi connectivity index (χ1) is 10.7. The summed E-state index contributed by atoms with van der Waals surface area (Å²) < 4.78 is 0.799. The van der Waals surface area contributed by atoms with E-state index >= 15 is 0 Å². The first-order valence-corrected chi connectivity index (χ1v) is 8.39. The molecule has 0 saturated carbocycles. The lowest BCUT2D eigenvalue weighted by atomic mass is 10.1. The molecule has 0 fully saturated rings. The number of rotatable bonds is 4. The Balaban J connectivity index is 1.78. The van der Waals surface area contributed by atoms with Crippen molar-refractivity contribution in [3.8, 4) is 10.6 Å². The second-order valence-electron chi connectivity index (χ2n) is 4.62. The first kappa shape index (κ1) is 14.9. The van der Waals surface area contributed by atoms with E-state index < -0.39 is 0 Å². The van der Waals surface area contributed by atoms with Gasteiger partial charge in [0.2, 0.25) is 0 Å². The third kappa shape index (κ3) is 3.40. The van der Waals surface area contributed by atoms with E-state index in [2.05, 4.69) is 20.9 Å². The number of carbonyl (C=O) groups excluding carboxylic acids is 1. The van der Waals surface area contributed by atoms with Gasteiger partial charge in [0.15, 0.2) is 5.78 Å². The number of halogens is 1. The Morgan fingerprint density at radius 3 is 2.55 bits per heavy atom. The summed E-state index contributed by atoms with van der Waals surface area (Å²) in [6.07, 6.45) is 3.31. The minimum absolute atomic E-state index is 0.0401. The van der Waals surface area contributed by atoms with Crippen LogP contribution in [-0.4, -0.2) is 10.8 Å². The Bertz CT molecular complexity index is 824. The average molecular weight is 370 g/mol. The Morgan fingerprint density at radius 2 is 1.77 bits per heavy atom. The Morgan fingerprint density at radius 1 is 1.05 bits per heavy atom. The van der Waals surface area contributed by atoms with Crippen molar-refractivity contribution in [2.45, 2.75) is 0 Å². The molecule has 0 N–H and O–H groups in total. The van der Waals surface area contributed by atoms with Crippen molar-refractivity contribution in [3.63, 3.8) is 0 Å². The Labute approximate surface area is 141 Å². The second-order valence-corrected chi connectivity index (χ2v) is 6.33. The summed E-state index contributed by atoms with van der Waals surface area (Å²) in [6.45, 7) is 0. The molecule has 0 amide bonds. The van der Waals surface area contributed by atoms with E-state index in [1.807, 2.05) is 53.9 Å². The van der Waals surface area contributed by atoms with E-state index in [1.165, 1.54) is 0 Å². The van der Waals surface area contributed by atoms with Crippen LogP contribution in [0.3, 0.4) is 0 Å². The van der Waals surface area contributed by atoms with Gasteiger partial charge in [-0.3, -0.25) is 4.79 Å². The minimum atomic E-state index is -0.0401. The predicted molar refractivity (Wildman–Crippen MR) is 95.1 cm³/mol. The van der Waals surface area contributed by atoms with Crippen LogP contribution in [0.1, 0.15) is 16.1 Å². The zero-order valence-electron chi connectivity index (χ0n) is 11.6. The van der Waals surface area contributed by atoms with Crippen LogP contribution in [0.15, 0.2) is 70.5 Å². The van der Waals surface area contributed by atoms with Crippen molar-refractivity contribution < 1.29 is 4.79 Å². The molecule has 0 aliphatic rings. The van der Waals surface area contributed by atoms with Crippen LogP contribution in [0.25, 0.3) is 16.6 Å². The topological polar surface area (TPSA) is 30.0 Å². The van der Waals surface area contributed by atoms with Crippen molar-refractivity contribution in [1.82, 2.24) is 4.98 Å². The third-order valence-electron chi connectivity index (χ3n) is 3.09. The third-order valence-corrected chi connectivity index (χ3v) is 4.69. The molecule has 0 saturated heterocycles. The zero-order chi connectivity index (χ0) is 15.4. The number of allylic oxidation sites excluding steroid dienone is 1. The number of aromatic nitrogens is 1. The van der Waals surface area contributed by atoms with Gasteiger partial charge in [-0.1, -0.05) is 58.4 Å². The average Bonchev–Trinajstić information content (AvgIpc) is 3.03. The molecule has 22 heavy (non-hydrogen) atoms. The van der Waals surface area contributed by atoms with Crippen LogP contribution in [0.5, 0.6) is 0 Å². The van der Waals surface area contributed by atoms with Gasteiger partial charge >= 0.3 is 0 Å². The van der Waals surface area contributed by atoms with Crippen molar-refractivity contribution in [2.24, 2.45) is 0 Å². The lowest BCUT2D eigenvalue weighted by Crippen LogP contribution is -1.94. The molecule has 4 heteroatoms. The van der Waals surface area contributed by atoms with Gasteiger partial charge in [0.1, 0.15) is 5.01 Å². The maximum atomic E-state index is 12.2. The summed E-state index contributed by atoms with van der Waals surface area (Å²) in [4.78, 5) is 16.7. The van der Waals surface area contributed by atoms with Gasteiger partial charge in [0.05, 0.1) is 5.69 Å². The Hall–Kier alpha value is -2.04. The van der Waals surface area contributed by atoms with Crippen molar-refractivity contribution in [3.05, 3.63) is 81.8 Å². The van der Waals surface area contributed by atoms with Crippen molar-refractivity contribution in [2.75, 3.05) is 0 Å². The highest BCUT2D eigenvalue weighted by atomic mass is 79.9. The normalized spacial score (nSPS) is 11.0. The molecular weight excluding hydrogens is 358 g/mol.